The molecule has 0 radical (unpaired) electrons. The van der Waals surface area contributed by atoms with E-state index in [1.807, 2.05) is 6.07 Å². The molecule has 5 aromatic rings. The largest absolute Gasteiger partial charge is 0.478 e. The van der Waals surface area contributed by atoms with Gasteiger partial charge in [-0.05, 0) is 56.0 Å². The Balaban J connectivity index is 1.61. The average Bonchev–Trinajstić information content (AvgIpc) is 3.47. The molecule has 0 spiro atoms. The highest BCUT2D eigenvalue weighted by Gasteiger charge is 2.26. The van der Waals surface area contributed by atoms with Crippen molar-refractivity contribution in [1.29, 1.82) is 0 Å². The molecule has 1 N–H and O–H groups in total. The number of aryl methyl sites for hydroxylation is 1. The summed E-state index contributed by atoms with van der Waals surface area (Å²) < 4.78 is 18.9. The molecule has 0 saturated heterocycles. The minimum atomic E-state index is -1.28. The zero-order valence-electron chi connectivity index (χ0n) is 17.7. The van der Waals surface area contributed by atoms with Crippen molar-refractivity contribution in [3.8, 4) is 11.4 Å². The van der Waals surface area contributed by atoms with Crippen LogP contribution in [0.15, 0.2) is 54.6 Å². The van der Waals surface area contributed by atoms with Gasteiger partial charge in [0, 0.05) is 46.5 Å². The molecule has 1 fully saturated rings. The molecule has 2 heterocycles. The van der Waals surface area contributed by atoms with E-state index in [4.69, 9.17) is 4.98 Å². The van der Waals surface area contributed by atoms with E-state index >= 15 is 0 Å². The lowest BCUT2D eigenvalue weighted by atomic mass is 10.1. The van der Waals surface area contributed by atoms with Gasteiger partial charge in [-0.1, -0.05) is 18.2 Å². The molecule has 0 atom stereocenters. The Labute approximate surface area is 183 Å². The van der Waals surface area contributed by atoms with Gasteiger partial charge in [-0.15, -0.1) is 0 Å². The highest BCUT2D eigenvalue weighted by molar-refractivity contribution is 6.09. The number of hydrogen-bond acceptors (Lipinski definition) is 2. The van der Waals surface area contributed by atoms with Gasteiger partial charge in [0.2, 0.25) is 0 Å². The molecule has 5 nitrogen and oxygen atoms in total. The van der Waals surface area contributed by atoms with Crippen molar-refractivity contribution in [2.24, 2.45) is 5.92 Å². The standard InChI is InChI=1S/C26H22FN3O2/c1-2-29-22-6-4-3-5-17(22)18-11-16(9-10-23(18)29)25-28-21-12-19(26(31)32)20(27)13-24(21)30(25)14-15-7-8-15/h3-6,9-13,15H,2,7-8,14H2,1H3,(H,31,32). The van der Waals surface area contributed by atoms with Crippen molar-refractivity contribution in [1.82, 2.24) is 14.1 Å². The fourth-order valence-corrected chi connectivity index (χ4v) is 4.81. The molecule has 6 rings (SSSR count). The molecule has 1 saturated carbocycles. The highest BCUT2D eigenvalue weighted by atomic mass is 19.1. The lowest BCUT2D eigenvalue weighted by Crippen LogP contribution is -2.04. The van der Waals surface area contributed by atoms with Crippen LogP contribution in [0.2, 0.25) is 0 Å². The summed E-state index contributed by atoms with van der Waals surface area (Å²) in [5, 5.41) is 11.7. The lowest BCUT2D eigenvalue weighted by Gasteiger charge is -2.10. The van der Waals surface area contributed by atoms with Crippen molar-refractivity contribution in [3.05, 3.63) is 66.0 Å². The fourth-order valence-electron chi connectivity index (χ4n) is 4.81. The number of para-hydroxylation sites is 1. The fraction of sp³-hybridized carbons (Fsp3) is 0.231. The summed E-state index contributed by atoms with van der Waals surface area (Å²) in [6, 6.07) is 17.4. The van der Waals surface area contributed by atoms with Crippen molar-refractivity contribution in [2.75, 3.05) is 0 Å². The Bertz CT molecular complexity index is 1540. The van der Waals surface area contributed by atoms with E-state index in [9.17, 15) is 14.3 Å². The predicted octanol–water partition coefficient (Wildman–Crippen LogP) is 6.08. The molecule has 0 aliphatic heterocycles. The lowest BCUT2D eigenvalue weighted by molar-refractivity contribution is 0.0692. The van der Waals surface area contributed by atoms with E-state index in [1.54, 1.807) is 0 Å². The average molecular weight is 427 g/mol. The van der Waals surface area contributed by atoms with Gasteiger partial charge in [-0.3, -0.25) is 0 Å². The zero-order chi connectivity index (χ0) is 22.0. The molecule has 0 bridgehead atoms. The molecule has 0 unspecified atom stereocenters. The van der Waals surface area contributed by atoms with E-state index in [2.05, 4.69) is 52.5 Å². The van der Waals surface area contributed by atoms with Crippen LogP contribution in [0.1, 0.15) is 30.1 Å². The first-order valence-corrected chi connectivity index (χ1v) is 11.0. The first-order valence-electron chi connectivity index (χ1n) is 11.0. The summed E-state index contributed by atoms with van der Waals surface area (Å²) in [6.07, 6.45) is 2.30. The topological polar surface area (TPSA) is 60.1 Å². The second kappa shape index (κ2) is 6.92. The summed E-state index contributed by atoms with van der Waals surface area (Å²) in [7, 11) is 0. The highest BCUT2D eigenvalue weighted by Crippen LogP contribution is 2.37. The monoisotopic (exact) mass is 427 g/mol. The Kier molecular flexibility index (Phi) is 4.12. The van der Waals surface area contributed by atoms with Crippen LogP contribution >= 0.6 is 0 Å². The second-order valence-corrected chi connectivity index (χ2v) is 8.61. The number of aromatic carboxylic acids is 1. The summed E-state index contributed by atoms with van der Waals surface area (Å²) in [5.41, 5.74) is 4.12. The number of imidazole rings is 1. The summed E-state index contributed by atoms with van der Waals surface area (Å²) in [6.45, 7) is 3.77. The minimum absolute atomic E-state index is 0.346. The van der Waals surface area contributed by atoms with Crippen LogP contribution in [0, 0.1) is 11.7 Å². The minimum Gasteiger partial charge on any atom is -0.478 e. The Morgan fingerprint density at radius 2 is 1.81 bits per heavy atom. The summed E-state index contributed by atoms with van der Waals surface area (Å²) in [4.78, 5) is 16.2. The molecule has 0 amide bonds. The normalized spacial score (nSPS) is 14.1. The van der Waals surface area contributed by atoms with Gasteiger partial charge in [0.05, 0.1) is 16.6 Å². The van der Waals surface area contributed by atoms with Gasteiger partial charge in [0.15, 0.2) is 0 Å². The van der Waals surface area contributed by atoms with Gasteiger partial charge in [0.1, 0.15) is 11.6 Å². The maximum Gasteiger partial charge on any atom is 0.338 e. The number of carbonyl (C=O) groups is 1. The zero-order valence-corrected chi connectivity index (χ0v) is 17.7. The van der Waals surface area contributed by atoms with E-state index in [1.165, 1.54) is 28.6 Å². The quantitative estimate of drug-likeness (QED) is 0.370. The predicted molar refractivity (Wildman–Crippen MR) is 123 cm³/mol. The van der Waals surface area contributed by atoms with E-state index in [-0.39, 0.29) is 5.56 Å². The first-order chi connectivity index (χ1) is 15.5. The van der Waals surface area contributed by atoms with Crippen LogP contribution in [-0.2, 0) is 13.1 Å². The first kappa shape index (κ1) is 19.0. The van der Waals surface area contributed by atoms with Crippen LogP contribution < -0.4 is 0 Å². The van der Waals surface area contributed by atoms with Crippen molar-refractivity contribution >= 4 is 38.8 Å². The third-order valence-electron chi connectivity index (χ3n) is 6.55. The van der Waals surface area contributed by atoms with Crippen LogP contribution in [0.5, 0.6) is 0 Å². The molecule has 6 heteroatoms. The maximum absolute atomic E-state index is 14.5. The van der Waals surface area contributed by atoms with E-state index < -0.39 is 11.8 Å². The maximum atomic E-state index is 14.5. The summed E-state index contributed by atoms with van der Waals surface area (Å²) in [5.74, 6) is -0.699. The van der Waals surface area contributed by atoms with Crippen molar-refractivity contribution in [3.63, 3.8) is 0 Å². The number of rotatable bonds is 5. The van der Waals surface area contributed by atoms with Crippen LogP contribution in [-0.4, -0.2) is 25.2 Å². The number of benzene rings is 3. The number of fused-ring (bicyclic) bond motifs is 4. The van der Waals surface area contributed by atoms with Crippen LogP contribution in [0.25, 0.3) is 44.2 Å². The number of carboxylic acid groups (broad SMARTS) is 1. The molecule has 3 aromatic carbocycles. The Morgan fingerprint density at radius 3 is 2.56 bits per heavy atom. The Hall–Kier alpha value is -3.67. The molecular formula is C26H22FN3O2. The molecule has 1 aliphatic rings. The molecule has 2 aromatic heterocycles. The van der Waals surface area contributed by atoms with Crippen molar-refractivity contribution < 1.29 is 14.3 Å². The molecular weight excluding hydrogens is 405 g/mol. The third-order valence-corrected chi connectivity index (χ3v) is 6.55. The van der Waals surface area contributed by atoms with E-state index in [0.717, 1.165) is 42.7 Å². The van der Waals surface area contributed by atoms with Gasteiger partial charge in [-0.25, -0.2) is 14.2 Å². The second-order valence-electron chi connectivity index (χ2n) is 8.61. The number of halogens is 1. The third kappa shape index (κ3) is 2.83. The summed E-state index contributed by atoms with van der Waals surface area (Å²) >= 11 is 0. The Morgan fingerprint density at radius 1 is 1.03 bits per heavy atom. The number of carboxylic acids is 1. The molecule has 1 aliphatic carbocycles. The van der Waals surface area contributed by atoms with Gasteiger partial charge in [-0.2, -0.15) is 0 Å². The van der Waals surface area contributed by atoms with Crippen LogP contribution in [0.3, 0.4) is 0 Å². The molecule has 32 heavy (non-hydrogen) atoms. The number of nitrogens with zero attached hydrogens (tertiary/aromatic N) is 3. The smallest absolute Gasteiger partial charge is 0.338 e. The number of aromatic nitrogens is 3. The van der Waals surface area contributed by atoms with Gasteiger partial charge >= 0.3 is 5.97 Å². The SMILES string of the molecule is CCn1c2ccccc2c2cc(-c3nc4cc(C(=O)O)c(F)cc4n3CC3CC3)ccc21. The van der Waals surface area contributed by atoms with Gasteiger partial charge < -0.3 is 14.2 Å². The van der Waals surface area contributed by atoms with Gasteiger partial charge in [0.25, 0.3) is 0 Å². The number of hydrogen-bond donors (Lipinski definition) is 1. The van der Waals surface area contributed by atoms with E-state index in [0.29, 0.717) is 17.0 Å². The van der Waals surface area contributed by atoms with Crippen molar-refractivity contribution in [2.45, 2.75) is 32.9 Å². The molecule has 160 valence electrons. The van der Waals surface area contributed by atoms with Crippen LogP contribution in [0.4, 0.5) is 4.39 Å².